The summed E-state index contributed by atoms with van der Waals surface area (Å²) in [6.07, 6.45) is 3.66. The molecule has 1 saturated heterocycles. The highest BCUT2D eigenvalue weighted by molar-refractivity contribution is 5.94. The predicted octanol–water partition coefficient (Wildman–Crippen LogP) is 4.74. The summed E-state index contributed by atoms with van der Waals surface area (Å²) < 4.78 is 5.68. The number of likely N-dealkylation sites (tertiary alicyclic amines) is 1. The molecule has 0 saturated carbocycles. The predicted molar refractivity (Wildman–Crippen MR) is 128 cm³/mol. The summed E-state index contributed by atoms with van der Waals surface area (Å²) in [6, 6.07) is 15.9. The van der Waals surface area contributed by atoms with Crippen molar-refractivity contribution in [3.63, 3.8) is 0 Å². The minimum absolute atomic E-state index is 0.00909. The number of nitrogens with one attached hydrogen (secondary N) is 1. The van der Waals surface area contributed by atoms with Gasteiger partial charge in [-0.2, -0.15) is 0 Å². The number of rotatable bonds is 7. The van der Waals surface area contributed by atoms with Crippen LogP contribution in [0.1, 0.15) is 68.4 Å². The number of ether oxygens (including phenoxy) is 1. The van der Waals surface area contributed by atoms with Crippen molar-refractivity contribution in [2.75, 3.05) is 19.7 Å². The molecular weight excluding hydrogens is 400 g/mol. The van der Waals surface area contributed by atoms with E-state index in [2.05, 4.69) is 33.0 Å². The number of aryl methyl sites for hydroxylation is 1. The second-order valence-electron chi connectivity index (χ2n) is 9.64. The third-order valence-corrected chi connectivity index (χ3v) is 6.02. The van der Waals surface area contributed by atoms with Crippen molar-refractivity contribution >= 4 is 11.8 Å². The Morgan fingerprint density at radius 1 is 1.00 bits per heavy atom. The molecule has 2 aromatic carbocycles. The Balaban J connectivity index is 1.42. The molecule has 1 aliphatic heterocycles. The first kappa shape index (κ1) is 23.8. The molecule has 0 atom stereocenters. The zero-order valence-corrected chi connectivity index (χ0v) is 19.8. The summed E-state index contributed by atoms with van der Waals surface area (Å²) in [6.45, 7) is 9.94. The van der Waals surface area contributed by atoms with Crippen LogP contribution in [0, 0.1) is 0 Å². The summed E-state index contributed by atoms with van der Waals surface area (Å²) in [7, 11) is 0. The van der Waals surface area contributed by atoms with E-state index in [4.69, 9.17) is 4.74 Å². The molecule has 1 heterocycles. The van der Waals surface area contributed by atoms with Crippen LogP contribution in [0.3, 0.4) is 0 Å². The summed E-state index contributed by atoms with van der Waals surface area (Å²) in [5.41, 5.74) is 3.23. The van der Waals surface area contributed by atoms with Crippen LogP contribution < -0.4 is 10.1 Å². The monoisotopic (exact) mass is 436 g/mol. The van der Waals surface area contributed by atoms with Crippen molar-refractivity contribution in [2.24, 2.45) is 0 Å². The van der Waals surface area contributed by atoms with Crippen LogP contribution in [-0.2, 0) is 16.6 Å². The number of amides is 2. The maximum absolute atomic E-state index is 12.6. The third-order valence-electron chi connectivity index (χ3n) is 6.02. The van der Waals surface area contributed by atoms with Crippen molar-refractivity contribution in [1.29, 1.82) is 0 Å². The molecular formula is C27H36N2O3. The summed E-state index contributed by atoms with van der Waals surface area (Å²) in [5, 5.41) is 3.12. The number of hydrogen-bond acceptors (Lipinski definition) is 3. The van der Waals surface area contributed by atoms with E-state index >= 15 is 0 Å². The molecule has 0 unspecified atom stereocenters. The molecule has 0 spiro atoms. The smallest absolute Gasteiger partial charge is 0.260 e. The zero-order valence-electron chi connectivity index (χ0n) is 19.8. The summed E-state index contributed by atoms with van der Waals surface area (Å²) in [4.78, 5) is 26.9. The molecule has 1 aliphatic rings. The van der Waals surface area contributed by atoms with Gasteiger partial charge in [-0.25, -0.2) is 0 Å². The van der Waals surface area contributed by atoms with Crippen LogP contribution in [0.4, 0.5) is 0 Å². The van der Waals surface area contributed by atoms with Crippen LogP contribution >= 0.6 is 0 Å². The largest absolute Gasteiger partial charge is 0.484 e. The Morgan fingerprint density at radius 3 is 2.19 bits per heavy atom. The van der Waals surface area contributed by atoms with Gasteiger partial charge in [0.15, 0.2) is 6.61 Å². The fourth-order valence-corrected chi connectivity index (χ4v) is 3.94. The maximum atomic E-state index is 12.6. The Kier molecular flexibility index (Phi) is 7.94. The van der Waals surface area contributed by atoms with E-state index in [1.54, 1.807) is 0 Å². The molecule has 5 nitrogen and oxygen atoms in total. The van der Waals surface area contributed by atoms with Crippen LogP contribution in [0.2, 0.25) is 0 Å². The summed E-state index contributed by atoms with van der Waals surface area (Å²) >= 11 is 0. The highest BCUT2D eigenvalue weighted by atomic mass is 16.5. The van der Waals surface area contributed by atoms with Gasteiger partial charge in [0.2, 0.25) is 0 Å². The van der Waals surface area contributed by atoms with Gasteiger partial charge in [0.25, 0.3) is 11.8 Å². The number of benzene rings is 2. The van der Waals surface area contributed by atoms with Crippen molar-refractivity contribution < 1.29 is 14.3 Å². The maximum Gasteiger partial charge on any atom is 0.260 e. The van der Waals surface area contributed by atoms with Crippen LogP contribution in [0.25, 0.3) is 0 Å². The first-order chi connectivity index (χ1) is 15.3. The molecule has 1 fully saturated rings. The first-order valence-corrected chi connectivity index (χ1v) is 11.7. The van der Waals surface area contributed by atoms with E-state index in [1.807, 2.05) is 53.4 Å². The van der Waals surface area contributed by atoms with Crippen molar-refractivity contribution in [1.82, 2.24) is 10.2 Å². The van der Waals surface area contributed by atoms with E-state index < -0.39 is 0 Å². The normalized spacial score (nSPS) is 14.8. The lowest BCUT2D eigenvalue weighted by atomic mass is 9.86. The Bertz CT molecular complexity index is 890. The molecule has 0 aliphatic carbocycles. The van der Waals surface area contributed by atoms with E-state index in [0.717, 1.165) is 31.4 Å². The van der Waals surface area contributed by atoms with Crippen LogP contribution in [-0.4, -0.2) is 42.5 Å². The lowest BCUT2D eigenvalue weighted by Gasteiger charge is -2.32. The minimum Gasteiger partial charge on any atom is -0.484 e. The van der Waals surface area contributed by atoms with E-state index in [9.17, 15) is 9.59 Å². The number of carbonyl (C=O) groups is 2. The fourth-order valence-electron chi connectivity index (χ4n) is 3.94. The minimum atomic E-state index is -0.0508. The number of carbonyl (C=O) groups excluding carboxylic acids is 2. The van der Waals surface area contributed by atoms with Crippen molar-refractivity contribution in [2.45, 2.75) is 64.8 Å². The SMILES string of the molecule is CCCc1ccc(OCC(=O)N2CCC(NC(=O)c3ccc(C(C)(C)C)cc3)CC2)cc1. The van der Waals surface area contributed by atoms with Gasteiger partial charge in [-0.05, 0) is 60.1 Å². The molecule has 2 amide bonds. The average molecular weight is 437 g/mol. The van der Waals surface area contributed by atoms with Gasteiger partial charge in [-0.15, -0.1) is 0 Å². The van der Waals surface area contributed by atoms with Crippen molar-refractivity contribution in [3.05, 3.63) is 65.2 Å². The third kappa shape index (κ3) is 6.59. The van der Waals surface area contributed by atoms with Gasteiger partial charge in [0, 0.05) is 24.7 Å². The second-order valence-corrected chi connectivity index (χ2v) is 9.64. The molecule has 3 rings (SSSR count). The van der Waals surface area contributed by atoms with Crippen molar-refractivity contribution in [3.8, 4) is 5.75 Å². The Labute approximate surface area is 192 Å². The van der Waals surface area contributed by atoms with Gasteiger partial charge in [-0.1, -0.05) is 58.4 Å². The van der Waals surface area contributed by atoms with Gasteiger partial charge < -0.3 is 15.0 Å². The number of nitrogens with zero attached hydrogens (tertiary/aromatic N) is 1. The lowest BCUT2D eigenvalue weighted by Crippen LogP contribution is -2.47. The van der Waals surface area contributed by atoms with E-state index in [1.165, 1.54) is 11.1 Å². The quantitative estimate of drug-likeness (QED) is 0.682. The van der Waals surface area contributed by atoms with E-state index in [0.29, 0.717) is 18.7 Å². The molecule has 0 aromatic heterocycles. The molecule has 172 valence electrons. The molecule has 0 radical (unpaired) electrons. The van der Waals surface area contributed by atoms with E-state index in [-0.39, 0.29) is 29.9 Å². The zero-order chi connectivity index (χ0) is 23.1. The molecule has 2 aromatic rings. The van der Waals surface area contributed by atoms with Gasteiger partial charge >= 0.3 is 0 Å². The second kappa shape index (κ2) is 10.7. The molecule has 1 N–H and O–H groups in total. The molecule has 5 heteroatoms. The average Bonchev–Trinajstić information content (AvgIpc) is 2.78. The molecule has 0 bridgehead atoms. The highest BCUT2D eigenvalue weighted by Crippen LogP contribution is 2.22. The van der Waals surface area contributed by atoms with Crippen LogP contribution in [0.5, 0.6) is 5.75 Å². The lowest BCUT2D eigenvalue weighted by molar-refractivity contribution is -0.134. The van der Waals surface area contributed by atoms with Gasteiger partial charge in [0.1, 0.15) is 5.75 Å². The Hall–Kier alpha value is -2.82. The number of piperidine rings is 1. The summed E-state index contributed by atoms with van der Waals surface area (Å²) in [5.74, 6) is 0.660. The highest BCUT2D eigenvalue weighted by Gasteiger charge is 2.24. The topological polar surface area (TPSA) is 58.6 Å². The van der Waals surface area contributed by atoms with Gasteiger partial charge in [-0.3, -0.25) is 9.59 Å². The standard InChI is InChI=1S/C27H36N2O3/c1-5-6-20-7-13-24(14-8-20)32-19-25(30)29-17-15-23(16-18-29)28-26(31)21-9-11-22(12-10-21)27(2,3)4/h7-14,23H,5-6,15-19H2,1-4H3,(H,28,31). The number of hydrogen-bond donors (Lipinski definition) is 1. The first-order valence-electron chi connectivity index (χ1n) is 11.7. The molecule has 32 heavy (non-hydrogen) atoms. The van der Waals surface area contributed by atoms with Crippen LogP contribution in [0.15, 0.2) is 48.5 Å². The van der Waals surface area contributed by atoms with Gasteiger partial charge in [0.05, 0.1) is 0 Å². The Morgan fingerprint density at radius 2 is 1.62 bits per heavy atom. The fraction of sp³-hybridized carbons (Fsp3) is 0.481.